The minimum Gasteiger partial charge on any atom is -0.356 e. The molecule has 1 aromatic heterocycles. The lowest BCUT2D eigenvalue weighted by Gasteiger charge is -2.30. The van der Waals surface area contributed by atoms with Gasteiger partial charge >= 0.3 is 0 Å². The molecule has 1 aliphatic carbocycles. The fraction of sp³-hybridized carbons (Fsp3) is 0.714. The summed E-state index contributed by atoms with van der Waals surface area (Å²) in [7, 11) is 0. The number of carbonyl (C=O) groups excluding carboxylic acids is 2. The van der Waals surface area contributed by atoms with E-state index in [1.54, 1.807) is 4.90 Å². The zero-order valence-electron chi connectivity index (χ0n) is 17.1. The third kappa shape index (κ3) is 5.15. The summed E-state index contributed by atoms with van der Waals surface area (Å²) in [6, 6.07) is 0. The molecule has 2 amide bonds. The third-order valence-corrected chi connectivity index (χ3v) is 7.23. The molecule has 158 valence electrons. The molecule has 3 heterocycles. The van der Waals surface area contributed by atoms with Gasteiger partial charge in [0.2, 0.25) is 22.1 Å². The summed E-state index contributed by atoms with van der Waals surface area (Å²) in [5.74, 6) is 0.430. The molecule has 1 aromatic rings. The van der Waals surface area contributed by atoms with Crippen molar-refractivity contribution in [3.8, 4) is 0 Å². The first-order chi connectivity index (χ1) is 14.2. The Morgan fingerprint density at radius 2 is 1.86 bits per heavy atom. The summed E-state index contributed by atoms with van der Waals surface area (Å²) in [6.07, 6.45) is 12.6. The zero-order valence-corrected chi connectivity index (χ0v) is 17.9. The van der Waals surface area contributed by atoms with Gasteiger partial charge in [-0.15, -0.1) is 10.2 Å². The van der Waals surface area contributed by atoms with E-state index in [-0.39, 0.29) is 17.7 Å². The van der Waals surface area contributed by atoms with E-state index in [1.807, 2.05) is 0 Å². The molecule has 2 saturated heterocycles. The Hall–Kier alpha value is -1.96. The molecule has 0 radical (unpaired) electrons. The molecule has 2 aliphatic heterocycles. The van der Waals surface area contributed by atoms with E-state index in [1.165, 1.54) is 42.6 Å². The second-order valence-electron chi connectivity index (χ2n) is 8.28. The van der Waals surface area contributed by atoms with Gasteiger partial charge in [0, 0.05) is 38.5 Å². The van der Waals surface area contributed by atoms with Crippen LogP contribution in [0.4, 0.5) is 10.3 Å². The maximum absolute atomic E-state index is 12.5. The second kappa shape index (κ2) is 9.69. The molecule has 0 saturated carbocycles. The van der Waals surface area contributed by atoms with Gasteiger partial charge in [-0.3, -0.25) is 14.5 Å². The van der Waals surface area contributed by atoms with Gasteiger partial charge in [-0.2, -0.15) is 0 Å². The van der Waals surface area contributed by atoms with Gasteiger partial charge in [0.1, 0.15) is 0 Å². The van der Waals surface area contributed by atoms with Crippen LogP contribution < -0.4 is 15.1 Å². The van der Waals surface area contributed by atoms with Crippen LogP contribution in [0.1, 0.15) is 64.2 Å². The third-order valence-electron chi connectivity index (χ3n) is 6.22. The lowest BCUT2D eigenvalue weighted by Crippen LogP contribution is -2.40. The van der Waals surface area contributed by atoms with Gasteiger partial charge in [-0.25, -0.2) is 0 Å². The summed E-state index contributed by atoms with van der Waals surface area (Å²) >= 11 is 1.49. The first kappa shape index (κ1) is 20.3. The van der Waals surface area contributed by atoms with Crippen LogP contribution in [0.15, 0.2) is 11.6 Å². The SMILES string of the molecule is O=C(NCCC1=CCCCC1)C1CCN(c2nnc(N3CCCCC3=O)s2)CC1. The Kier molecular flexibility index (Phi) is 6.79. The van der Waals surface area contributed by atoms with Crippen molar-refractivity contribution in [1.82, 2.24) is 15.5 Å². The van der Waals surface area contributed by atoms with E-state index in [0.717, 1.165) is 63.4 Å². The average Bonchev–Trinajstić information content (AvgIpc) is 3.25. The smallest absolute Gasteiger partial charge is 0.228 e. The Morgan fingerprint density at radius 3 is 2.62 bits per heavy atom. The number of piperidine rings is 2. The molecule has 7 nitrogen and oxygen atoms in total. The van der Waals surface area contributed by atoms with Crippen molar-refractivity contribution in [3.05, 3.63) is 11.6 Å². The minimum absolute atomic E-state index is 0.0858. The standard InChI is InChI=1S/C21H31N5O2S/c27-18-8-4-5-13-26(18)21-24-23-20(29-21)25-14-10-17(11-15-25)19(28)22-12-9-16-6-2-1-3-7-16/h6,17H,1-5,7-15H2,(H,22,28). The summed E-state index contributed by atoms with van der Waals surface area (Å²) < 4.78 is 0. The molecule has 2 fully saturated rings. The number of nitrogens with one attached hydrogen (secondary N) is 1. The van der Waals surface area contributed by atoms with E-state index in [9.17, 15) is 9.59 Å². The molecular formula is C21H31N5O2S. The van der Waals surface area contributed by atoms with Crippen molar-refractivity contribution in [2.75, 3.05) is 36.0 Å². The number of nitrogens with zero attached hydrogens (tertiary/aromatic N) is 4. The Balaban J connectivity index is 1.22. The summed E-state index contributed by atoms with van der Waals surface area (Å²) in [5, 5.41) is 13.3. The van der Waals surface area contributed by atoms with Crippen LogP contribution in [0.3, 0.4) is 0 Å². The van der Waals surface area contributed by atoms with Crippen molar-refractivity contribution >= 4 is 33.4 Å². The topological polar surface area (TPSA) is 78.4 Å². The summed E-state index contributed by atoms with van der Waals surface area (Å²) in [6.45, 7) is 3.12. The van der Waals surface area contributed by atoms with Crippen LogP contribution in [0.5, 0.6) is 0 Å². The molecule has 0 aromatic carbocycles. The zero-order chi connectivity index (χ0) is 20.1. The van der Waals surface area contributed by atoms with Crippen molar-refractivity contribution in [1.29, 1.82) is 0 Å². The molecular weight excluding hydrogens is 386 g/mol. The minimum atomic E-state index is 0.0858. The predicted octanol–water partition coefficient (Wildman–Crippen LogP) is 3.28. The maximum Gasteiger partial charge on any atom is 0.228 e. The highest BCUT2D eigenvalue weighted by molar-refractivity contribution is 7.19. The fourth-order valence-corrected chi connectivity index (χ4v) is 5.35. The highest BCUT2D eigenvalue weighted by atomic mass is 32.1. The lowest BCUT2D eigenvalue weighted by atomic mass is 9.95. The van der Waals surface area contributed by atoms with Crippen LogP contribution in [0.2, 0.25) is 0 Å². The van der Waals surface area contributed by atoms with Crippen LogP contribution in [-0.4, -0.2) is 48.2 Å². The number of anilines is 2. The number of carbonyl (C=O) groups is 2. The number of hydrogen-bond acceptors (Lipinski definition) is 6. The first-order valence-corrected chi connectivity index (χ1v) is 11.9. The van der Waals surface area contributed by atoms with E-state index in [4.69, 9.17) is 0 Å². The number of amides is 2. The quantitative estimate of drug-likeness (QED) is 0.719. The normalized spacial score (nSPS) is 21.2. The molecule has 1 N–H and O–H groups in total. The second-order valence-corrected chi connectivity index (χ2v) is 9.21. The van der Waals surface area contributed by atoms with Gasteiger partial charge in [-0.05, 0) is 57.8 Å². The van der Waals surface area contributed by atoms with Gasteiger partial charge in [0.15, 0.2) is 0 Å². The van der Waals surface area contributed by atoms with Crippen molar-refractivity contribution in [3.63, 3.8) is 0 Å². The molecule has 4 rings (SSSR count). The highest BCUT2D eigenvalue weighted by Gasteiger charge is 2.28. The lowest BCUT2D eigenvalue weighted by molar-refractivity contribution is -0.125. The molecule has 8 heteroatoms. The Morgan fingerprint density at radius 1 is 1.07 bits per heavy atom. The summed E-state index contributed by atoms with van der Waals surface area (Å²) in [5.41, 5.74) is 1.51. The van der Waals surface area contributed by atoms with Gasteiger partial charge < -0.3 is 10.2 Å². The molecule has 29 heavy (non-hydrogen) atoms. The van der Waals surface area contributed by atoms with Gasteiger partial charge in [0.25, 0.3) is 0 Å². The number of allylic oxidation sites excluding steroid dienone is 1. The number of hydrogen-bond donors (Lipinski definition) is 1. The van der Waals surface area contributed by atoms with Gasteiger partial charge in [0.05, 0.1) is 0 Å². The number of aromatic nitrogens is 2. The van der Waals surface area contributed by atoms with E-state index in [2.05, 4.69) is 26.5 Å². The fourth-order valence-electron chi connectivity index (χ4n) is 4.41. The van der Waals surface area contributed by atoms with E-state index in [0.29, 0.717) is 11.6 Å². The monoisotopic (exact) mass is 417 g/mol. The average molecular weight is 418 g/mol. The van der Waals surface area contributed by atoms with Crippen molar-refractivity contribution in [2.45, 2.75) is 64.2 Å². The molecule has 0 atom stereocenters. The predicted molar refractivity (Wildman–Crippen MR) is 115 cm³/mol. The van der Waals surface area contributed by atoms with Crippen LogP contribution >= 0.6 is 11.3 Å². The van der Waals surface area contributed by atoms with E-state index >= 15 is 0 Å². The van der Waals surface area contributed by atoms with Crippen molar-refractivity contribution < 1.29 is 9.59 Å². The molecule has 0 unspecified atom stereocenters. The van der Waals surface area contributed by atoms with Gasteiger partial charge in [-0.1, -0.05) is 23.0 Å². The van der Waals surface area contributed by atoms with Crippen LogP contribution in [-0.2, 0) is 9.59 Å². The Labute approximate surface area is 176 Å². The largest absolute Gasteiger partial charge is 0.356 e. The molecule has 0 spiro atoms. The molecule has 0 bridgehead atoms. The Bertz CT molecular complexity index is 754. The molecule has 3 aliphatic rings. The summed E-state index contributed by atoms with van der Waals surface area (Å²) in [4.78, 5) is 28.6. The van der Waals surface area contributed by atoms with Crippen molar-refractivity contribution in [2.24, 2.45) is 5.92 Å². The number of rotatable bonds is 6. The van der Waals surface area contributed by atoms with E-state index < -0.39 is 0 Å². The van der Waals surface area contributed by atoms with Crippen LogP contribution in [0, 0.1) is 5.92 Å². The highest BCUT2D eigenvalue weighted by Crippen LogP contribution is 2.32. The van der Waals surface area contributed by atoms with Crippen LogP contribution in [0.25, 0.3) is 0 Å². The maximum atomic E-state index is 12.5. The first-order valence-electron chi connectivity index (χ1n) is 11.0.